The molecular weight excluding hydrogens is 308 g/mol. The maximum absolute atomic E-state index is 11.2. The minimum absolute atomic E-state index is 0.0175. The summed E-state index contributed by atoms with van der Waals surface area (Å²) < 4.78 is 35.9. The molecule has 20 heavy (non-hydrogen) atoms. The van der Waals surface area contributed by atoms with Crippen LogP contribution >= 0.6 is 12.0 Å². The molecule has 9 heteroatoms. The van der Waals surface area contributed by atoms with Gasteiger partial charge in [0.15, 0.2) is 0 Å². The van der Waals surface area contributed by atoms with Crippen LogP contribution in [0.4, 0.5) is 0 Å². The molecule has 0 saturated carbocycles. The summed E-state index contributed by atoms with van der Waals surface area (Å²) in [5, 5.41) is 22.4. The molecule has 2 rings (SSSR count). The smallest absolute Gasteiger partial charge is 0.294 e. The SMILES string of the molecule is Cc1c(O)ccc2cc(S(=O)(=O)O)cc(SOOO)c12. The summed E-state index contributed by atoms with van der Waals surface area (Å²) in [6, 6.07) is 5.31. The molecule has 0 aliphatic rings. The largest absolute Gasteiger partial charge is 0.508 e. The van der Waals surface area contributed by atoms with Crippen LogP contribution in [-0.2, 0) is 19.5 Å². The van der Waals surface area contributed by atoms with Crippen LogP contribution in [0.2, 0.25) is 0 Å². The number of rotatable bonds is 4. The number of hydrogen-bond acceptors (Lipinski definition) is 7. The Hall–Kier alpha value is -1.36. The molecule has 0 aliphatic heterocycles. The maximum atomic E-state index is 11.2. The Labute approximate surface area is 118 Å². The average Bonchev–Trinajstić information content (AvgIpc) is 2.39. The van der Waals surface area contributed by atoms with Crippen molar-refractivity contribution in [2.75, 3.05) is 0 Å². The van der Waals surface area contributed by atoms with Crippen LogP contribution in [0.5, 0.6) is 5.75 Å². The highest BCUT2D eigenvalue weighted by Gasteiger charge is 2.17. The monoisotopic (exact) mass is 318 g/mol. The fraction of sp³-hybridized carbons (Fsp3) is 0.0909. The molecule has 0 aromatic heterocycles. The first kappa shape index (κ1) is 15.0. The Morgan fingerprint density at radius 2 is 1.95 bits per heavy atom. The van der Waals surface area contributed by atoms with E-state index < -0.39 is 10.1 Å². The van der Waals surface area contributed by atoms with Gasteiger partial charge in [-0.25, -0.2) is 5.26 Å². The molecule has 0 amide bonds. The summed E-state index contributed by atoms with van der Waals surface area (Å²) in [6.07, 6.45) is 0. The first-order valence-electron chi connectivity index (χ1n) is 5.23. The molecule has 3 N–H and O–H groups in total. The molecule has 0 heterocycles. The molecule has 0 saturated heterocycles. The quantitative estimate of drug-likeness (QED) is 0.341. The third-order valence-electron chi connectivity index (χ3n) is 2.74. The minimum Gasteiger partial charge on any atom is -0.508 e. The van der Waals surface area contributed by atoms with Gasteiger partial charge in [0.25, 0.3) is 10.1 Å². The lowest BCUT2D eigenvalue weighted by Crippen LogP contribution is -1.99. The van der Waals surface area contributed by atoms with E-state index in [2.05, 4.69) is 9.37 Å². The van der Waals surface area contributed by atoms with E-state index in [1.54, 1.807) is 6.92 Å². The van der Waals surface area contributed by atoms with Crippen LogP contribution in [0.3, 0.4) is 0 Å². The van der Waals surface area contributed by atoms with Crippen LogP contribution in [0, 0.1) is 6.92 Å². The zero-order valence-electron chi connectivity index (χ0n) is 10.1. The van der Waals surface area contributed by atoms with Crippen molar-refractivity contribution in [3.63, 3.8) is 0 Å². The molecule has 2 aromatic carbocycles. The highest BCUT2D eigenvalue weighted by atomic mass is 32.2. The normalized spacial score (nSPS) is 11.9. The Morgan fingerprint density at radius 1 is 1.25 bits per heavy atom. The molecule has 7 nitrogen and oxygen atoms in total. The van der Waals surface area contributed by atoms with E-state index in [-0.39, 0.29) is 15.5 Å². The zero-order chi connectivity index (χ0) is 14.9. The Morgan fingerprint density at radius 3 is 2.55 bits per heavy atom. The molecular formula is C11H10O7S2. The molecule has 0 spiro atoms. The van der Waals surface area contributed by atoms with Gasteiger partial charge in [0, 0.05) is 10.3 Å². The van der Waals surface area contributed by atoms with E-state index in [0.29, 0.717) is 28.4 Å². The van der Waals surface area contributed by atoms with Gasteiger partial charge in [-0.1, -0.05) is 11.1 Å². The average molecular weight is 318 g/mol. The Balaban J connectivity index is 2.78. The van der Waals surface area contributed by atoms with Crippen molar-refractivity contribution >= 4 is 32.9 Å². The summed E-state index contributed by atoms with van der Waals surface area (Å²) in [6.45, 7) is 1.63. The van der Waals surface area contributed by atoms with E-state index in [4.69, 9.17) is 9.81 Å². The number of aromatic hydroxyl groups is 1. The third kappa shape index (κ3) is 2.87. The van der Waals surface area contributed by atoms with Crippen molar-refractivity contribution in [1.29, 1.82) is 0 Å². The molecule has 0 atom stereocenters. The Bertz CT molecular complexity index is 755. The number of fused-ring (bicyclic) bond motifs is 1. The lowest BCUT2D eigenvalue weighted by molar-refractivity contribution is -0.432. The van der Waals surface area contributed by atoms with Crippen LogP contribution in [0.1, 0.15) is 5.56 Å². The van der Waals surface area contributed by atoms with Gasteiger partial charge in [0.1, 0.15) is 5.75 Å². The molecule has 108 valence electrons. The maximum Gasteiger partial charge on any atom is 0.294 e. The van der Waals surface area contributed by atoms with E-state index in [0.717, 1.165) is 6.07 Å². The van der Waals surface area contributed by atoms with E-state index >= 15 is 0 Å². The molecule has 2 aromatic rings. The second-order valence-electron chi connectivity index (χ2n) is 3.93. The number of phenolic OH excluding ortho intramolecular Hbond substituents is 1. The number of hydrogen-bond donors (Lipinski definition) is 3. The first-order valence-corrected chi connectivity index (χ1v) is 7.41. The van der Waals surface area contributed by atoms with Crippen LogP contribution < -0.4 is 0 Å². The van der Waals surface area contributed by atoms with Gasteiger partial charge in [-0.15, -0.1) is 4.33 Å². The van der Waals surface area contributed by atoms with Gasteiger partial charge in [-0.2, -0.15) is 8.42 Å². The van der Waals surface area contributed by atoms with Gasteiger partial charge in [-0.05, 0) is 36.1 Å². The van der Waals surface area contributed by atoms with E-state index in [1.807, 2.05) is 0 Å². The van der Waals surface area contributed by atoms with Crippen molar-refractivity contribution in [2.45, 2.75) is 16.7 Å². The van der Waals surface area contributed by atoms with Crippen molar-refractivity contribution < 1.29 is 32.7 Å². The molecule has 0 aliphatic carbocycles. The number of phenols is 1. The number of aryl methyl sites for hydroxylation is 1. The molecule has 0 bridgehead atoms. The second kappa shape index (κ2) is 5.56. The summed E-state index contributed by atoms with van der Waals surface area (Å²) in [5.41, 5.74) is 0.494. The van der Waals surface area contributed by atoms with Gasteiger partial charge in [0.2, 0.25) is 0 Å². The van der Waals surface area contributed by atoms with Gasteiger partial charge >= 0.3 is 0 Å². The summed E-state index contributed by atoms with van der Waals surface area (Å²) in [5.74, 6) is 0.0175. The predicted octanol–water partition coefficient (Wildman–Crippen LogP) is 2.53. The van der Waals surface area contributed by atoms with Crippen molar-refractivity contribution in [1.82, 2.24) is 0 Å². The summed E-state index contributed by atoms with van der Waals surface area (Å²) >= 11 is 0.544. The van der Waals surface area contributed by atoms with Crippen LogP contribution in [0.25, 0.3) is 10.8 Å². The highest BCUT2D eigenvalue weighted by molar-refractivity contribution is 7.94. The standard InChI is InChI=1S/C11H10O7S2/c1-6-9(12)3-2-7-4-8(20(14,15)16)5-10(11(6)7)19-18-17-13/h2-5,12-13H,1H3,(H,14,15,16). The highest BCUT2D eigenvalue weighted by Crippen LogP contribution is 2.36. The Kier molecular flexibility index (Phi) is 4.18. The molecule has 0 fully saturated rings. The van der Waals surface area contributed by atoms with Crippen molar-refractivity contribution in [2.24, 2.45) is 0 Å². The van der Waals surface area contributed by atoms with Gasteiger partial charge in [0.05, 0.1) is 16.9 Å². The fourth-order valence-electron chi connectivity index (χ4n) is 1.83. The molecule has 0 unspecified atom stereocenters. The lowest BCUT2D eigenvalue weighted by Gasteiger charge is -2.10. The van der Waals surface area contributed by atoms with E-state index in [1.165, 1.54) is 18.2 Å². The van der Waals surface area contributed by atoms with Crippen LogP contribution in [-0.4, -0.2) is 23.3 Å². The first-order chi connectivity index (χ1) is 9.34. The zero-order valence-corrected chi connectivity index (χ0v) is 11.7. The van der Waals surface area contributed by atoms with Gasteiger partial charge in [-0.3, -0.25) is 4.55 Å². The summed E-state index contributed by atoms with van der Waals surface area (Å²) in [4.78, 5) is -0.0864. The predicted molar refractivity (Wildman–Crippen MR) is 70.8 cm³/mol. The third-order valence-corrected chi connectivity index (χ3v) is 4.20. The van der Waals surface area contributed by atoms with Gasteiger partial charge < -0.3 is 5.11 Å². The lowest BCUT2D eigenvalue weighted by atomic mass is 10.0. The van der Waals surface area contributed by atoms with Crippen LogP contribution in [0.15, 0.2) is 34.1 Å². The second-order valence-corrected chi connectivity index (χ2v) is 6.09. The van der Waals surface area contributed by atoms with Crippen molar-refractivity contribution in [3.8, 4) is 5.75 Å². The van der Waals surface area contributed by atoms with E-state index in [9.17, 15) is 13.5 Å². The molecule has 0 radical (unpaired) electrons. The summed E-state index contributed by atoms with van der Waals surface area (Å²) in [7, 11) is -4.40. The fourth-order valence-corrected chi connectivity index (χ4v) is 3.08. The number of benzene rings is 2. The minimum atomic E-state index is -4.40. The van der Waals surface area contributed by atoms with Crippen molar-refractivity contribution in [3.05, 3.63) is 29.8 Å². The topological polar surface area (TPSA) is 113 Å².